The second-order valence-electron chi connectivity index (χ2n) is 6.98. The van der Waals surface area contributed by atoms with Crippen molar-refractivity contribution < 1.29 is 14.3 Å². The van der Waals surface area contributed by atoms with Crippen LogP contribution in [0, 0.1) is 5.41 Å². The molecule has 0 bridgehead atoms. The first-order valence-corrected chi connectivity index (χ1v) is 9.45. The monoisotopic (exact) mass is 435 g/mol. The topological polar surface area (TPSA) is 68.0 Å². The molecule has 162 valence electrons. The molecule has 1 aliphatic rings. The SMILES string of the molecule is CCC(CC)(CN)C(=O)N1CCN(Cc2cc(OC)cc(OC)c2)CC1.Cl.Cl. The molecule has 0 radical (unpaired) electrons. The van der Waals surface area contributed by atoms with E-state index in [9.17, 15) is 4.79 Å². The smallest absolute Gasteiger partial charge is 0.230 e. The molecule has 1 saturated heterocycles. The first-order valence-electron chi connectivity index (χ1n) is 9.45. The van der Waals surface area contributed by atoms with Crippen molar-refractivity contribution in [3.05, 3.63) is 23.8 Å². The van der Waals surface area contributed by atoms with Crippen molar-refractivity contribution in [2.24, 2.45) is 11.1 Å². The van der Waals surface area contributed by atoms with Crippen LogP contribution in [-0.2, 0) is 11.3 Å². The average molecular weight is 436 g/mol. The number of carbonyl (C=O) groups excluding carboxylic acids is 1. The van der Waals surface area contributed by atoms with Crippen molar-refractivity contribution in [2.45, 2.75) is 33.2 Å². The van der Waals surface area contributed by atoms with E-state index < -0.39 is 5.41 Å². The van der Waals surface area contributed by atoms with E-state index in [1.165, 1.54) is 0 Å². The minimum Gasteiger partial charge on any atom is -0.497 e. The number of rotatable bonds is 8. The molecule has 8 heteroatoms. The first kappa shape index (κ1) is 26.8. The third kappa shape index (κ3) is 6.14. The lowest BCUT2D eigenvalue weighted by molar-refractivity contribution is -0.144. The fourth-order valence-electron chi connectivity index (χ4n) is 3.59. The molecule has 2 N–H and O–H groups in total. The van der Waals surface area contributed by atoms with Crippen LogP contribution in [0.25, 0.3) is 0 Å². The summed E-state index contributed by atoms with van der Waals surface area (Å²) in [5.74, 6) is 1.81. The van der Waals surface area contributed by atoms with Crippen molar-refractivity contribution in [3.8, 4) is 11.5 Å². The van der Waals surface area contributed by atoms with Gasteiger partial charge in [0.2, 0.25) is 5.91 Å². The van der Waals surface area contributed by atoms with Gasteiger partial charge in [-0.25, -0.2) is 0 Å². The van der Waals surface area contributed by atoms with Crippen molar-refractivity contribution in [1.82, 2.24) is 9.80 Å². The summed E-state index contributed by atoms with van der Waals surface area (Å²) in [6.45, 7) is 8.57. The average Bonchev–Trinajstić information content (AvgIpc) is 2.69. The number of methoxy groups -OCH3 is 2. The number of amides is 1. The van der Waals surface area contributed by atoms with E-state index in [1.807, 2.05) is 23.1 Å². The number of piperazine rings is 1. The Labute approximate surface area is 181 Å². The molecule has 0 aliphatic carbocycles. The van der Waals surface area contributed by atoms with E-state index in [0.29, 0.717) is 6.54 Å². The van der Waals surface area contributed by atoms with Gasteiger partial charge in [0.1, 0.15) is 11.5 Å². The number of benzene rings is 1. The molecule has 1 amide bonds. The van der Waals surface area contributed by atoms with Crippen molar-refractivity contribution >= 4 is 30.7 Å². The summed E-state index contributed by atoms with van der Waals surface area (Å²) in [5.41, 5.74) is 6.69. The molecule has 2 rings (SSSR count). The zero-order chi connectivity index (χ0) is 19.2. The van der Waals surface area contributed by atoms with Gasteiger partial charge in [0.25, 0.3) is 0 Å². The predicted octanol–water partition coefficient (Wildman–Crippen LogP) is 2.96. The molecular formula is C20H35Cl2N3O3. The molecule has 0 saturated carbocycles. The van der Waals surface area contributed by atoms with Gasteiger partial charge >= 0.3 is 0 Å². The van der Waals surface area contributed by atoms with Crippen LogP contribution in [-0.4, -0.2) is 62.7 Å². The summed E-state index contributed by atoms with van der Waals surface area (Å²) in [5, 5.41) is 0. The highest BCUT2D eigenvalue weighted by atomic mass is 35.5. The highest BCUT2D eigenvalue weighted by Gasteiger charge is 2.37. The molecular weight excluding hydrogens is 401 g/mol. The lowest BCUT2D eigenvalue weighted by atomic mass is 9.81. The Morgan fingerprint density at radius 2 is 1.50 bits per heavy atom. The van der Waals surface area contributed by atoms with E-state index in [0.717, 1.165) is 62.6 Å². The fraction of sp³-hybridized carbons (Fsp3) is 0.650. The summed E-state index contributed by atoms with van der Waals surface area (Å²) >= 11 is 0. The van der Waals surface area contributed by atoms with Crippen LogP contribution in [0.5, 0.6) is 11.5 Å². The van der Waals surface area contributed by atoms with Gasteiger partial charge in [-0.05, 0) is 30.5 Å². The van der Waals surface area contributed by atoms with E-state index in [2.05, 4.69) is 18.7 Å². The Morgan fingerprint density at radius 3 is 1.89 bits per heavy atom. The van der Waals surface area contributed by atoms with Crippen LogP contribution in [0.15, 0.2) is 18.2 Å². The maximum atomic E-state index is 12.9. The molecule has 1 heterocycles. The molecule has 28 heavy (non-hydrogen) atoms. The Kier molecular flexibility index (Phi) is 11.8. The molecule has 0 spiro atoms. The Hall–Kier alpha value is -1.21. The highest BCUT2D eigenvalue weighted by Crippen LogP contribution is 2.29. The van der Waals surface area contributed by atoms with E-state index in [4.69, 9.17) is 15.2 Å². The summed E-state index contributed by atoms with van der Waals surface area (Å²) in [6.07, 6.45) is 1.59. The van der Waals surface area contributed by atoms with Gasteiger partial charge in [0.05, 0.1) is 19.6 Å². The maximum absolute atomic E-state index is 12.9. The largest absolute Gasteiger partial charge is 0.497 e. The van der Waals surface area contributed by atoms with Gasteiger partial charge in [0.15, 0.2) is 0 Å². The number of hydrogen-bond acceptors (Lipinski definition) is 5. The molecule has 1 aliphatic heterocycles. The normalized spacial score (nSPS) is 14.7. The number of nitrogens with zero attached hydrogens (tertiary/aromatic N) is 2. The minimum atomic E-state index is -0.400. The summed E-state index contributed by atoms with van der Waals surface area (Å²) in [7, 11) is 3.32. The highest BCUT2D eigenvalue weighted by molar-refractivity contribution is 5.85. The van der Waals surface area contributed by atoms with Gasteiger partial charge < -0.3 is 20.1 Å². The van der Waals surface area contributed by atoms with E-state index >= 15 is 0 Å². The van der Waals surface area contributed by atoms with Crippen LogP contribution >= 0.6 is 24.8 Å². The van der Waals surface area contributed by atoms with Crippen LogP contribution in [0.2, 0.25) is 0 Å². The number of ether oxygens (including phenoxy) is 2. The van der Waals surface area contributed by atoms with Gasteiger partial charge in [-0.15, -0.1) is 24.8 Å². The molecule has 6 nitrogen and oxygen atoms in total. The first-order chi connectivity index (χ1) is 12.5. The van der Waals surface area contributed by atoms with Crippen molar-refractivity contribution in [3.63, 3.8) is 0 Å². The molecule has 0 unspecified atom stereocenters. The van der Waals surface area contributed by atoms with Crippen LogP contribution in [0.3, 0.4) is 0 Å². The zero-order valence-corrected chi connectivity index (χ0v) is 19.0. The van der Waals surface area contributed by atoms with Crippen LogP contribution in [0.4, 0.5) is 0 Å². The third-order valence-electron chi connectivity index (χ3n) is 5.67. The quantitative estimate of drug-likeness (QED) is 0.679. The fourth-order valence-corrected chi connectivity index (χ4v) is 3.59. The van der Waals surface area contributed by atoms with E-state index in [-0.39, 0.29) is 30.7 Å². The minimum absolute atomic E-state index is 0. The second kappa shape index (κ2) is 12.4. The lowest BCUT2D eigenvalue weighted by Gasteiger charge is -2.40. The zero-order valence-electron chi connectivity index (χ0n) is 17.4. The predicted molar refractivity (Wildman–Crippen MR) is 118 cm³/mol. The third-order valence-corrected chi connectivity index (χ3v) is 5.67. The maximum Gasteiger partial charge on any atom is 0.230 e. The van der Waals surface area contributed by atoms with Crippen molar-refractivity contribution in [2.75, 3.05) is 46.9 Å². The molecule has 1 aromatic rings. The number of halogens is 2. The summed E-state index contributed by atoms with van der Waals surface area (Å²) < 4.78 is 10.7. The number of nitrogens with two attached hydrogens (primary N) is 1. The van der Waals surface area contributed by atoms with Crippen LogP contribution in [0.1, 0.15) is 32.3 Å². The van der Waals surface area contributed by atoms with Gasteiger partial charge in [-0.3, -0.25) is 9.69 Å². The van der Waals surface area contributed by atoms with Crippen LogP contribution < -0.4 is 15.2 Å². The van der Waals surface area contributed by atoms with Gasteiger partial charge in [-0.2, -0.15) is 0 Å². The number of hydrogen-bond donors (Lipinski definition) is 1. The molecule has 0 aromatic heterocycles. The second-order valence-corrected chi connectivity index (χ2v) is 6.98. The molecule has 1 aromatic carbocycles. The van der Waals surface area contributed by atoms with Gasteiger partial charge in [0, 0.05) is 45.3 Å². The Bertz CT molecular complexity index is 574. The summed E-state index contributed by atoms with van der Waals surface area (Å²) in [6, 6.07) is 5.95. The lowest BCUT2D eigenvalue weighted by Crippen LogP contribution is -2.54. The van der Waals surface area contributed by atoms with Crippen molar-refractivity contribution in [1.29, 1.82) is 0 Å². The summed E-state index contributed by atoms with van der Waals surface area (Å²) in [4.78, 5) is 17.3. The standard InChI is InChI=1S/C20H33N3O3.2ClH/c1-5-20(6-2,15-21)19(24)23-9-7-22(8-10-23)14-16-11-17(25-3)13-18(12-16)26-4;;/h11-13H,5-10,14-15,21H2,1-4H3;2*1H. The molecule has 0 atom stereocenters. The molecule has 1 fully saturated rings. The Balaban J connectivity index is 0.00000364. The number of carbonyl (C=O) groups is 1. The Morgan fingerprint density at radius 1 is 1.00 bits per heavy atom. The van der Waals surface area contributed by atoms with E-state index in [1.54, 1.807) is 14.2 Å². The van der Waals surface area contributed by atoms with Gasteiger partial charge in [-0.1, -0.05) is 13.8 Å².